The summed E-state index contributed by atoms with van der Waals surface area (Å²) in [6, 6.07) is 10.7. The zero-order valence-electron chi connectivity index (χ0n) is 13.1. The van der Waals surface area contributed by atoms with Gasteiger partial charge < -0.3 is 4.98 Å². The minimum Gasteiger partial charge on any atom is -0.341 e. The highest BCUT2D eigenvalue weighted by atomic mass is 32.2. The van der Waals surface area contributed by atoms with E-state index in [-0.39, 0.29) is 22.8 Å². The van der Waals surface area contributed by atoms with E-state index in [0.717, 1.165) is 23.2 Å². The van der Waals surface area contributed by atoms with Crippen molar-refractivity contribution in [1.29, 1.82) is 0 Å². The molecule has 0 unspecified atom stereocenters. The van der Waals surface area contributed by atoms with E-state index in [2.05, 4.69) is 35.3 Å². The van der Waals surface area contributed by atoms with Crippen LogP contribution in [0.5, 0.6) is 0 Å². The van der Waals surface area contributed by atoms with Crippen LogP contribution in [0.15, 0.2) is 47.4 Å². The van der Waals surface area contributed by atoms with E-state index in [1.807, 2.05) is 24.3 Å². The van der Waals surface area contributed by atoms with Crippen molar-refractivity contribution in [2.24, 2.45) is 0 Å². The standard InChI is InChI=1S/C15H12FN7O2S/c16-11-6-5-9(7-10(11)15-20-22-23-21-15)26(24,25)17-8-14-18-12-3-1-2-4-13(12)19-14/h1-7,17H,8H2,(H,18,19)(H,20,21,22,23). The number of para-hydroxylation sites is 2. The van der Waals surface area contributed by atoms with Crippen molar-refractivity contribution >= 4 is 21.1 Å². The Bertz CT molecular complexity index is 1140. The fourth-order valence-corrected chi connectivity index (χ4v) is 3.47. The maximum absolute atomic E-state index is 13.9. The number of imidazole rings is 1. The lowest BCUT2D eigenvalue weighted by Gasteiger charge is -2.07. The van der Waals surface area contributed by atoms with Crippen molar-refractivity contribution in [1.82, 2.24) is 35.3 Å². The fourth-order valence-electron chi connectivity index (χ4n) is 2.45. The number of aromatic amines is 2. The number of fused-ring (bicyclic) bond motifs is 1. The van der Waals surface area contributed by atoms with E-state index in [9.17, 15) is 12.8 Å². The van der Waals surface area contributed by atoms with Gasteiger partial charge in [-0.1, -0.05) is 12.1 Å². The fraction of sp³-hybridized carbons (Fsp3) is 0.0667. The summed E-state index contributed by atoms with van der Waals surface area (Å²) < 4.78 is 41.4. The molecule has 0 aliphatic heterocycles. The number of hydrogen-bond acceptors (Lipinski definition) is 6. The highest BCUT2D eigenvalue weighted by Gasteiger charge is 2.19. The summed E-state index contributed by atoms with van der Waals surface area (Å²) in [5.74, 6) is -0.213. The van der Waals surface area contributed by atoms with Crippen LogP contribution in [-0.4, -0.2) is 39.0 Å². The molecule has 0 bridgehead atoms. The van der Waals surface area contributed by atoms with Gasteiger partial charge in [-0.3, -0.25) is 0 Å². The van der Waals surface area contributed by atoms with Gasteiger partial charge in [0, 0.05) is 0 Å². The van der Waals surface area contributed by atoms with E-state index < -0.39 is 15.8 Å². The minimum atomic E-state index is -3.89. The summed E-state index contributed by atoms with van der Waals surface area (Å²) in [5.41, 5.74) is 1.48. The van der Waals surface area contributed by atoms with Crippen molar-refractivity contribution in [2.75, 3.05) is 0 Å². The molecule has 0 aliphatic rings. The van der Waals surface area contributed by atoms with Gasteiger partial charge in [-0.05, 0) is 35.5 Å². The quantitative estimate of drug-likeness (QED) is 0.484. The van der Waals surface area contributed by atoms with Gasteiger partial charge in [-0.25, -0.2) is 22.5 Å². The van der Waals surface area contributed by atoms with Crippen LogP contribution in [0.2, 0.25) is 0 Å². The van der Waals surface area contributed by atoms with Gasteiger partial charge in [-0.2, -0.15) is 5.21 Å². The molecule has 0 radical (unpaired) electrons. The Morgan fingerprint density at radius 3 is 2.77 bits per heavy atom. The van der Waals surface area contributed by atoms with Gasteiger partial charge in [0.05, 0.1) is 28.0 Å². The van der Waals surface area contributed by atoms with E-state index in [1.165, 1.54) is 6.07 Å². The van der Waals surface area contributed by atoms with Gasteiger partial charge >= 0.3 is 0 Å². The average molecular weight is 373 g/mol. The van der Waals surface area contributed by atoms with E-state index in [4.69, 9.17) is 0 Å². The molecule has 0 saturated carbocycles. The molecule has 0 fully saturated rings. The summed E-state index contributed by atoms with van der Waals surface area (Å²) in [5, 5.41) is 12.9. The normalized spacial score (nSPS) is 11.9. The molecule has 0 spiro atoms. The van der Waals surface area contributed by atoms with Crippen molar-refractivity contribution in [2.45, 2.75) is 11.4 Å². The molecular weight excluding hydrogens is 361 g/mol. The van der Waals surface area contributed by atoms with E-state index >= 15 is 0 Å². The van der Waals surface area contributed by atoms with Crippen LogP contribution in [-0.2, 0) is 16.6 Å². The number of rotatable bonds is 5. The van der Waals surface area contributed by atoms with Crippen LogP contribution in [0.25, 0.3) is 22.4 Å². The molecule has 3 N–H and O–H groups in total. The van der Waals surface area contributed by atoms with Crippen molar-refractivity contribution in [3.05, 3.63) is 54.1 Å². The number of sulfonamides is 1. The van der Waals surface area contributed by atoms with Gasteiger partial charge in [-0.15, -0.1) is 10.2 Å². The van der Waals surface area contributed by atoms with Gasteiger partial charge in [0.15, 0.2) is 0 Å². The van der Waals surface area contributed by atoms with Crippen molar-refractivity contribution in [3.8, 4) is 11.4 Å². The Balaban J connectivity index is 1.59. The maximum atomic E-state index is 13.9. The molecule has 0 amide bonds. The number of halogens is 1. The zero-order chi connectivity index (χ0) is 18.1. The van der Waals surface area contributed by atoms with E-state index in [0.29, 0.717) is 5.82 Å². The third-order valence-corrected chi connectivity index (χ3v) is 5.10. The minimum absolute atomic E-state index is 0.0307. The molecule has 26 heavy (non-hydrogen) atoms. The Kier molecular flexibility index (Phi) is 3.93. The first-order valence-corrected chi connectivity index (χ1v) is 8.98. The molecule has 0 atom stereocenters. The molecular formula is C15H12FN7O2S. The molecule has 0 aliphatic carbocycles. The monoisotopic (exact) mass is 373 g/mol. The number of hydrogen-bond donors (Lipinski definition) is 3. The van der Waals surface area contributed by atoms with Crippen LogP contribution in [0.1, 0.15) is 5.82 Å². The molecule has 2 aromatic heterocycles. The summed E-state index contributed by atoms with van der Waals surface area (Å²) in [6.07, 6.45) is 0. The predicted octanol–water partition coefficient (Wildman–Crippen LogP) is 1.36. The predicted molar refractivity (Wildman–Crippen MR) is 89.7 cm³/mol. The third-order valence-electron chi connectivity index (χ3n) is 3.70. The molecule has 132 valence electrons. The second-order valence-electron chi connectivity index (χ2n) is 5.40. The first-order valence-electron chi connectivity index (χ1n) is 7.49. The lowest BCUT2D eigenvalue weighted by Crippen LogP contribution is -2.24. The third kappa shape index (κ3) is 3.05. The SMILES string of the molecule is O=S(=O)(NCc1nc2ccccc2[nH]1)c1ccc(F)c(-c2nn[nH]n2)c1. The van der Waals surface area contributed by atoms with Crippen LogP contribution in [0.4, 0.5) is 4.39 Å². The first-order chi connectivity index (χ1) is 12.5. The number of benzene rings is 2. The summed E-state index contributed by atoms with van der Waals surface area (Å²) in [6.45, 7) is -0.0358. The van der Waals surface area contributed by atoms with Crippen LogP contribution in [0, 0.1) is 5.82 Å². The van der Waals surface area contributed by atoms with Gasteiger partial charge in [0.1, 0.15) is 11.6 Å². The number of nitrogens with one attached hydrogen (secondary N) is 3. The molecule has 11 heteroatoms. The highest BCUT2D eigenvalue weighted by Crippen LogP contribution is 2.22. The molecule has 4 aromatic rings. The summed E-state index contributed by atoms with van der Waals surface area (Å²) in [4.78, 5) is 7.22. The zero-order valence-corrected chi connectivity index (χ0v) is 14.0. The smallest absolute Gasteiger partial charge is 0.241 e. The van der Waals surface area contributed by atoms with Gasteiger partial charge in [0.2, 0.25) is 15.8 Å². The number of H-pyrrole nitrogens is 2. The molecule has 4 rings (SSSR count). The Morgan fingerprint density at radius 1 is 1.15 bits per heavy atom. The molecule has 2 aromatic carbocycles. The van der Waals surface area contributed by atoms with Crippen LogP contribution >= 0.6 is 0 Å². The Labute approximate surface area is 146 Å². The summed E-state index contributed by atoms with van der Waals surface area (Å²) in [7, 11) is -3.89. The lowest BCUT2D eigenvalue weighted by atomic mass is 10.2. The van der Waals surface area contributed by atoms with Crippen LogP contribution < -0.4 is 4.72 Å². The summed E-state index contributed by atoms with van der Waals surface area (Å²) >= 11 is 0. The maximum Gasteiger partial charge on any atom is 0.241 e. The number of nitrogens with zero attached hydrogens (tertiary/aromatic N) is 4. The molecule has 9 nitrogen and oxygen atoms in total. The topological polar surface area (TPSA) is 129 Å². The van der Waals surface area contributed by atoms with Crippen LogP contribution in [0.3, 0.4) is 0 Å². The Hall–Kier alpha value is -3.18. The largest absolute Gasteiger partial charge is 0.341 e. The number of aromatic nitrogens is 6. The molecule has 2 heterocycles. The first kappa shape index (κ1) is 16.3. The van der Waals surface area contributed by atoms with Gasteiger partial charge in [0.25, 0.3) is 0 Å². The highest BCUT2D eigenvalue weighted by molar-refractivity contribution is 7.89. The van der Waals surface area contributed by atoms with Crippen molar-refractivity contribution in [3.63, 3.8) is 0 Å². The lowest BCUT2D eigenvalue weighted by molar-refractivity contribution is 0.579. The second-order valence-corrected chi connectivity index (χ2v) is 7.17. The average Bonchev–Trinajstić information content (AvgIpc) is 3.29. The molecule has 0 saturated heterocycles. The number of tetrazole rings is 1. The second kappa shape index (κ2) is 6.28. The van der Waals surface area contributed by atoms with Crippen molar-refractivity contribution < 1.29 is 12.8 Å². The van der Waals surface area contributed by atoms with E-state index in [1.54, 1.807) is 0 Å². The Morgan fingerprint density at radius 2 is 2.00 bits per heavy atom.